The SMILES string of the molecule is COc1ccccc1C1(O)CCN(Cc2[nH]c3ccc(F)cc3c2C)CC1. The van der Waals surface area contributed by atoms with Gasteiger partial charge in [0.25, 0.3) is 0 Å². The Morgan fingerprint density at radius 1 is 1.19 bits per heavy atom. The molecule has 1 aromatic heterocycles. The second-order valence-electron chi connectivity index (χ2n) is 7.43. The molecular weight excluding hydrogens is 343 g/mol. The zero-order valence-electron chi connectivity index (χ0n) is 15.8. The third-order valence-corrected chi connectivity index (χ3v) is 5.80. The number of nitrogens with one attached hydrogen (secondary N) is 1. The first-order valence-corrected chi connectivity index (χ1v) is 9.35. The Labute approximate surface area is 158 Å². The van der Waals surface area contributed by atoms with Crippen LogP contribution < -0.4 is 4.74 Å². The van der Waals surface area contributed by atoms with Gasteiger partial charge in [0.15, 0.2) is 0 Å². The van der Waals surface area contributed by atoms with Crippen LogP contribution in [0.1, 0.15) is 29.7 Å². The van der Waals surface area contributed by atoms with E-state index < -0.39 is 5.60 Å². The van der Waals surface area contributed by atoms with Crippen LogP contribution in [0.25, 0.3) is 10.9 Å². The van der Waals surface area contributed by atoms with Crippen LogP contribution in [0.3, 0.4) is 0 Å². The topological polar surface area (TPSA) is 48.5 Å². The van der Waals surface area contributed by atoms with Crippen LogP contribution in [0, 0.1) is 12.7 Å². The number of methoxy groups -OCH3 is 1. The lowest BCUT2D eigenvalue weighted by molar-refractivity contribution is -0.0294. The van der Waals surface area contributed by atoms with Gasteiger partial charge in [-0.25, -0.2) is 4.39 Å². The van der Waals surface area contributed by atoms with Crippen molar-refractivity contribution in [2.75, 3.05) is 20.2 Å². The molecule has 27 heavy (non-hydrogen) atoms. The number of rotatable bonds is 4. The minimum atomic E-state index is -0.859. The van der Waals surface area contributed by atoms with E-state index in [-0.39, 0.29) is 5.82 Å². The second-order valence-corrected chi connectivity index (χ2v) is 7.43. The third kappa shape index (κ3) is 3.33. The number of fused-ring (bicyclic) bond motifs is 1. The van der Waals surface area contributed by atoms with E-state index in [1.807, 2.05) is 31.2 Å². The van der Waals surface area contributed by atoms with Gasteiger partial charge >= 0.3 is 0 Å². The molecule has 0 atom stereocenters. The van der Waals surface area contributed by atoms with Crippen molar-refractivity contribution in [3.8, 4) is 5.75 Å². The number of para-hydroxylation sites is 1. The van der Waals surface area contributed by atoms with E-state index in [9.17, 15) is 9.50 Å². The fourth-order valence-corrected chi connectivity index (χ4v) is 4.12. The zero-order chi connectivity index (χ0) is 19.0. The van der Waals surface area contributed by atoms with Gasteiger partial charge in [0.2, 0.25) is 0 Å². The molecule has 2 N–H and O–H groups in total. The Morgan fingerprint density at radius 2 is 1.93 bits per heavy atom. The number of aliphatic hydroxyl groups is 1. The molecule has 0 saturated carbocycles. The minimum absolute atomic E-state index is 0.212. The standard InChI is InChI=1S/C22H25FN2O2/c1-15-17-13-16(23)7-8-19(17)24-20(15)14-25-11-9-22(26,10-12-25)18-5-3-4-6-21(18)27-2/h3-8,13,24,26H,9-12,14H2,1-2H3. The molecule has 1 saturated heterocycles. The third-order valence-electron chi connectivity index (χ3n) is 5.80. The molecule has 142 valence electrons. The summed E-state index contributed by atoms with van der Waals surface area (Å²) in [5, 5.41) is 12.1. The summed E-state index contributed by atoms with van der Waals surface area (Å²) in [7, 11) is 1.64. The molecule has 0 spiro atoms. The molecular formula is C22H25FN2O2. The normalized spacial score (nSPS) is 17.3. The minimum Gasteiger partial charge on any atom is -0.496 e. The Bertz CT molecular complexity index is 958. The monoisotopic (exact) mass is 368 g/mol. The summed E-state index contributed by atoms with van der Waals surface area (Å²) in [5.74, 6) is 0.526. The molecule has 4 nitrogen and oxygen atoms in total. The summed E-state index contributed by atoms with van der Waals surface area (Å²) < 4.78 is 19.0. The number of benzene rings is 2. The maximum Gasteiger partial charge on any atom is 0.124 e. The van der Waals surface area contributed by atoms with Gasteiger partial charge in [-0.3, -0.25) is 4.90 Å². The summed E-state index contributed by atoms with van der Waals surface area (Å²) in [5.41, 5.74) is 3.17. The summed E-state index contributed by atoms with van der Waals surface area (Å²) >= 11 is 0. The highest BCUT2D eigenvalue weighted by molar-refractivity contribution is 5.84. The number of aryl methyl sites for hydroxylation is 1. The van der Waals surface area contributed by atoms with Crippen LogP contribution in [0.5, 0.6) is 5.75 Å². The molecule has 3 aromatic rings. The summed E-state index contributed by atoms with van der Waals surface area (Å²) in [4.78, 5) is 5.75. The molecule has 2 heterocycles. The average Bonchev–Trinajstić information content (AvgIpc) is 2.99. The van der Waals surface area contributed by atoms with Crippen molar-refractivity contribution in [1.82, 2.24) is 9.88 Å². The number of hydrogen-bond acceptors (Lipinski definition) is 3. The predicted octanol–water partition coefficient (Wildman–Crippen LogP) is 4.11. The van der Waals surface area contributed by atoms with Crippen molar-refractivity contribution in [3.05, 3.63) is 65.1 Å². The van der Waals surface area contributed by atoms with E-state index >= 15 is 0 Å². The summed E-state index contributed by atoms with van der Waals surface area (Å²) in [6.45, 7) is 4.38. The molecule has 2 aromatic carbocycles. The highest BCUT2D eigenvalue weighted by Gasteiger charge is 2.36. The first-order chi connectivity index (χ1) is 13.0. The van der Waals surface area contributed by atoms with E-state index in [2.05, 4.69) is 9.88 Å². The van der Waals surface area contributed by atoms with Crippen molar-refractivity contribution in [3.63, 3.8) is 0 Å². The molecule has 1 fully saturated rings. The van der Waals surface area contributed by atoms with Gasteiger partial charge in [-0.15, -0.1) is 0 Å². The molecule has 1 aliphatic heterocycles. The maximum atomic E-state index is 13.5. The number of aromatic amines is 1. The Kier molecular flexibility index (Phi) is 4.66. The first-order valence-electron chi connectivity index (χ1n) is 9.35. The smallest absolute Gasteiger partial charge is 0.124 e. The van der Waals surface area contributed by atoms with E-state index in [1.165, 1.54) is 6.07 Å². The van der Waals surface area contributed by atoms with Gasteiger partial charge in [0.05, 0.1) is 12.7 Å². The molecule has 0 unspecified atom stereocenters. The Balaban J connectivity index is 1.49. The fraction of sp³-hybridized carbons (Fsp3) is 0.364. The van der Waals surface area contributed by atoms with Gasteiger partial charge in [-0.05, 0) is 49.6 Å². The van der Waals surface area contributed by atoms with Crippen molar-refractivity contribution < 1.29 is 14.2 Å². The van der Waals surface area contributed by atoms with Crippen molar-refractivity contribution >= 4 is 10.9 Å². The maximum absolute atomic E-state index is 13.5. The molecule has 0 amide bonds. The number of ether oxygens (including phenoxy) is 1. The number of nitrogens with zero attached hydrogens (tertiary/aromatic N) is 1. The van der Waals surface area contributed by atoms with Crippen LogP contribution in [-0.2, 0) is 12.1 Å². The highest BCUT2D eigenvalue weighted by atomic mass is 19.1. The Hall–Kier alpha value is -2.37. The van der Waals surface area contributed by atoms with Gasteiger partial charge in [0.1, 0.15) is 11.6 Å². The van der Waals surface area contributed by atoms with Crippen LogP contribution in [0.2, 0.25) is 0 Å². The van der Waals surface area contributed by atoms with Gasteiger partial charge < -0.3 is 14.8 Å². The van der Waals surface area contributed by atoms with Crippen LogP contribution >= 0.6 is 0 Å². The largest absolute Gasteiger partial charge is 0.496 e. The van der Waals surface area contributed by atoms with Crippen molar-refractivity contribution in [1.29, 1.82) is 0 Å². The van der Waals surface area contributed by atoms with Crippen molar-refractivity contribution in [2.45, 2.75) is 31.9 Å². The molecule has 1 aliphatic rings. The number of halogens is 1. The first kappa shape index (κ1) is 18.0. The summed E-state index contributed by atoms with van der Waals surface area (Å²) in [6.07, 6.45) is 1.31. The van der Waals surface area contributed by atoms with E-state index in [4.69, 9.17) is 4.74 Å². The van der Waals surface area contributed by atoms with Crippen molar-refractivity contribution in [2.24, 2.45) is 0 Å². The number of H-pyrrole nitrogens is 1. The number of aromatic nitrogens is 1. The van der Waals surface area contributed by atoms with Crippen LogP contribution in [-0.4, -0.2) is 35.2 Å². The second kappa shape index (κ2) is 6.98. The zero-order valence-corrected chi connectivity index (χ0v) is 15.8. The summed E-state index contributed by atoms with van der Waals surface area (Å²) in [6, 6.07) is 12.6. The quantitative estimate of drug-likeness (QED) is 0.729. The Morgan fingerprint density at radius 3 is 2.67 bits per heavy atom. The van der Waals surface area contributed by atoms with E-state index in [0.717, 1.165) is 53.1 Å². The average molecular weight is 368 g/mol. The molecule has 4 rings (SSSR count). The molecule has 5 heteroatoms. The van der Waals surface area contributed by atoms with Gasteiger partial charge in [0, 0.05) is 41.8 Å². The highest BCUT2D eigenvalue weighted by Crippen LogP contribution is 2.38. The van der Waals surface area contributed by atoms with E-state index in [1.54, 1.807) is 19.2 Å². The van der Waals surface area contributed by atoms with Crippen LogP contribution in [0.4, 0.5) is 4.39 Å². The molecule has 0 aliphatic carbocycles. The lowest BCUT2D eigenvalue weighted by Crippen LogP contribution is -2.42. The number of hydrogen-bond donors (Lipinski definition) is 2. The number of likely N-dealkylation sites (tertiary alicyclic amines) is 1. The van der Waals surface area contributed by atoms with Crippen LogP contribution in [0.15, 0.2) is 42.5 Å². The lowest BCUT2D eigenvalue weighted by Gasteiger charge is -2.39. The van der Waals surface area contributed by atoms with E-state index in [0.29, 0.717) is 12.8 Å². The van der Waals surface area contributed by atoms with Gasteiger partial charge in [-0.2, -0.15) is 0 Å². The predicted molar refractivity (Wildman–Crippen MR) is 104 cm³/mol. The molecule has 0 radical (unpaired) electrons. The lowest BCUT2D eigenvalue weighted by atomic mass is 9.84. The van der Waals surface area contributed by atoms with Gasteiger partial charge in [-0.1, -0.05) is 18.2 Å². The number of piperidine rings is 1. The molecule has 0 bridgehead atoms. The fourth-order valence-electron chi connectivity index (χ4n) is 4.12.